The normalized spacial score (nSPS) is 14.9. The van der Waals surface area contributed by atoms with E-state index in [1.54, 1.807) is 37.9 Å². The Morgan fingerprint density at radius 1 is 1.08 bits per heavy atom. The first kappa shape index (κ1) is 24.5. The molecule has 11 nitrogen and oxygen atoms in total. The van der Waals surface area contributed by atoms with Crippen molar-refractivity contribution in [2.24, 2.45) is 5.41 Å². The Labute approximate surface area is 217 Å². The Morgan fingerprint density at radius 2 is 1.84 bits per heavy atom. The lowest BCUT2D eigenvalue weighted by Crippen LogP contribution is -2.43. The maximum absolute atomic E-state index is 12.0. The number of hydrogen-bond acceptors (Lipinski definition) is 9. The van der Waals surface area contributed by atoms with Crippen molar-refractivity contribution in [1.82, 2.24) is 30.2 Å². The SMILES string of the molecule is CCNC(=O)Nc1nc2cc(-c3cnc(N4CCC(C)(C(=O)O)CC4)nc3)cc(-c3cnccn3)c2s1. The number of nitrogens with one attached hydrogen (secondary N) is 2. The highest BCUT2D eigenvalue weighted by atomic mass is 32.1. The first-order chi connectivity index (χ1) is 17.9. The number of hydrogen-bond donors (Lipinski definition) is 3. The van der Waals surface area contributed by atoms with Crippen LogP contribution in [0.2, 0.25) is 0 Å². The average Bonchev–Trinajstić information content (AvgIpc) is 3.31. The van der Waals surface area contributed by atoms with Gasteiger partial charge in [-0.25, -0.2) is 19.7 Å². The summed E-state index contributed by atoms with van der Waals surface area (Å²) in [5, 5.41) is 15.4. The number of piperidine rings is 1. The first-order valence-corrected chi connectivity index (χ1v) is 12.7. The van der Waals surface area contributed by atoms with Crippen molar-refractivity contribution in [2.75, 3.05) is 29.9 Å². The van der Waals surface area contributed by atoms with Crippen LogP contribution in [0.15, 0.2) is 43.1 Å². The number of thiazole rings is 1. The van der Waals surface area contributed by atoms with Crippen LogP contribution in [0.25, 0.3) is 32.6 Å². The monoisotopic (exact) mass is 518 g/mol. The van der Waals surface area contributed by atoms with Crippen LogP contribution < -0.4 is 15.5 Å². The van der Waals surface area contributed by atoms with Crippen molar-refractivity contribution in [1.29, 1.82) is 0 Å². The molecular weight excluding hydrogens is 492 g/mol. The standard InChI is InChI=1S/C25H26N8O3S/c1-3-27-23(36)32-24-31-18-11-15(10-17(20(18)37-24)19-14-26-6-7-28-19)16-12-29-22(30-13-16)33-8-4-25(2,5-9-33)21(34)35/h6-7,10-14H,3-5,8-9H2,1-2H3,(H,34,35)(H2,27,31,32,36). The number of aliphatic carboxylic acids is 1. The minimum Gasteiger partial charge on any atom is -0.481 e. The van der Waals surface area contributed by atoms with Crippen molar-refractivity contribution in [3.63, 3.8) is 0 Å². The molecule has 0 radical (unpaired) electrons. The Bertz CT molecular complexity index is 1430. The van der Waals surface area contributed by atoms with E-state index in [1.807, 2.05) is 24.0 Å². The molecule has 2 amide bonds. The molecule has 0 saturated carbocycles. The van der Waals surface area contributed by atoms with Crippen LogP contribution >= 0.6 is 11.3 Å². The molecule has 5 rings (SSSR count). The molecular formula is C25H26N8O3S. The Morgan fingerprint density at radius 3 is 2.49 bits per heavy atom. The third kappa shape index (κ3) is 5.05. The van der Waals surface area contributed by atoms with Crippen LogP contribution in [0, 0.1) is 5.41 Å². The molecule has 12 heteroatoms. The second-order valence-electron chi connectivity index (χ2n) is 9.09. The number of aromatic nitrogens is 5. The molecule has 37 heavy (non-hydrogen) atoms. The highest BCUT2D eigenvalue weighted by Crippen LogP contribution is 2.38. The minimum absolute atomic E-state index is 0.312. The van der Waals surface area contributed by atoms with Gasteiger partial charge < -0.3 is 15.3 Å². The zero-order valence-electron chi connectivity index (χ0n) is 20.4. The number of carboxylic acid groups (broad SMARTS) is 1. The van der Waals surface area contributed by atoms with Crippen LogP contribution in [-0.2, 0) is 4.79 Å². The number of nitrogens with zero attached hydrogens (tertiary/aromatic N) is 6. The van der Waals surface area contributed by atoms with E-state index in [0.717, 1.165) is 21.4 Å². The molecule has 0 spiro atoms. The van der Waals surface area contributed by atoms with Gasteiger partial charge in [0.25, 0.3) is 0 Å². The highest BCUT2D eigenvalue weighted by Gasteiger charge is 2.37. The maximum Gasteiger partial charge on any atom is 0.321 e. The molecule has 0 unspecified atom stereocenters. The molecule has 1 aromatic carbocycles. The van der Waals surface area contributed by atoms with Gasteiger partial charge in [0.1, 0.15) is 0 Å². The fourth-order valence-electron chi connectivity index (χ4n) is 4.23. The predicted molar refractivity (Wildman–Crippen MR) is 142 cm³/mol. The second-order valence-corrected chi connectivity index (χ2v) is 10.1. The van der Waals surface area contributed by atoms with Crippen LogP contribution in [0.3, 0.4) is 0 Å². The average molecular weight is 519 g/mol. The Kier molecular flexibility index (Phi) is 6.66. The molecule has 0 atom stereocenters. The van der Waals surface area contributed by atoms with E-state index in [4.69, 9.17) is 0 Å². The Hall–Kier alpha value is -4.19. The van der Waals surface area contributed by atoms with E-state index >= 15 is 0 Å². The van der Waals surface area contributed by atoms with Crippen molar-refractivity contribution >= 4 is 44.6 Å². The van der Waals surface area contributed by atoms with E-state index in [-0.39, 0.29) is 6.03 Å². The summed E-state index contributed by atoms with van der Waals surface area (Å²) in [4.78, 5) is 48.1. The lowest BCUT2D eigenvalue weighted by atomic mass is 9.80. The predicted octanol–water partition coefficient (Wildman–Crippen LogP) is 4.04. The maximum atomic E-state index is 12.0. The van der Waals surface area contributed by atoms with Gasteiger partial charge in [0.05, 0.1) is 27.5 Å². The van der Waals surface area contributed by atoms with Gasteiger partial charge in [0.2, 0.25) is 5.95 Å². The van der Waals surface area contributed by atoms with Crippen LogP contribution in [0.5, 0.6) is 0 Å². The largest absolute Gasteiger partial charge is 0.481 e. The lowest BCUT2D eigenvalue weighted by Gasteiger charge is -2.36. The zero-order chi connectivity index (χ0) is 26.0. The molecule has 1 aliphatic heterocycles. The minimum atomic E-state index is -0.760. The molecule has 4 aromatic rings. The lowest BCUT2D eigenvalue weighted by molar-refractivity contribution is -0.149. The molecule has 3 N–H and O–H groups in total. The number of fused-ring (bicyclic) bond motifs is 1. The van der Waals surface area contributed by atoms with E-state index < -0.39 is 11.4 Å². The third-order valence-corrected chi connectivity index (χ3v) is 7.54. The van der Waals surface area contributed by atoms with Crippen molar-refractivity contribution < 1.29 is 14.7 Å². The van der Waals surface area contributed by atoms with Crippen LogP contribution in [0.4, 0.5) is 15.9 Å². The van der Waals surface area contributed by atoms with E-state index in [2.05, 4.69) is 35.6 Å². The molecule has 0 bridgehead atoms. The molecule has 1 aliphatic rings. The number of benzene rings is 1. The topological polar surface area (TPSA) is 146 Å². The van der Waals surface area contributed by atoms with Crippen LogP contribution in [-0.4, -0.2) is 61.7 Å². The molecule has 4 heterocycles. The van der Waals surface area contributed by atoms with Gasteiger partial charge in [-0.3, -0.25) is 20.1 Å². The molecule has 1 saturated heterocycles. The van der Waals surface area contributed by atoms with Crippen molar-refractivity contribution in [2.45, 2.75) is 26.7 Å². The van der Waals surface area contributed by atoms with Gasteiger partial charge in [-0.05, 0) is 44.4 Å². The number of carbonyl (C=O) groups excluding carboxylic acids is 1. The summed E-state index contributed by atoms with van der Waals surface area (Å²) in [5.41, 5.74) is 3.19. The first-order valence-electron chi connectivity index (χ1n) is 11.9. The van der Waals surface area contributed by atoms with Crippen molar-refractivity contribution in [3.05, 3.63) is 43.1 Å². The number of anilines is 2. The molecule has 0 aliphatic carbocycles. The number of amides is 2. The number of carboxylic acids is 1. The van der Waals surface area contributed by atoms with Crippen molar-refractivity contribution in [3.8, 4) is 22.4 Å². The summed E-state index contributed by atoms with van der Waals surface area (Å²) in [5.74, 6) is -0.183. The number of urea groups is 1. The van der Waals surface area contributed by atoms with Gasteiger partial charge in [-0.15, -0.1) is 0 Å². The van der Waals surface area contributed by atoms with Gasteiger partial charge in [0.15, 0.2) is 5.13 Å². The second kappa shape index (κ2) is 10.1. The smallest absolute Gasteiger partial charge is 0.321 e. The Balaban J connectivity index is 1.46. The van der Waals surface area contributed by atoms with E-state index in [9.17, 15) is 14.7 Å². The molecule has 190 valence electrons. The van der Waals surface area contributed by atoms with Crippen LogP contribution in [0.1, 0.15) is 26.7 Å². The van der Waals surface area contributed by atoms with Gasteiger partial charge in [-0.1, -0.05) is 11.3 Å². The molecule has 1 fully saturated rings. The summed E-state index contributed by atoms with van der Waals surface area (Å²) in [6, 6.07) is 3.62. The zero-order valence-corrected chi connectivity index (χ0v) is 21.2. The summed E-state index contributed by atoms with van der Waals surface area (Å²) in [6.07, 6.45) is 9.55. The number of rotatable bonds is 6. The van der Waals surface area contributed by atoms with Gasteiger partial charge in [-0.2, -0.15) is 0 Å². The van der Waals surface area contributed by atoms with E-state index in [0.29, 0.717) is 54.8 Å². The summed E-state index contributed by atoms with van der Waals surface area (Å²) in [6.45, 7) is 5.33. The summed E-state index contributed by atoms with van der Waals surface area (Å²) >= 11 is 1.37. The third-order valence-electron chi connectivity index (χ3n) is 6.52. The highest BCUT2D eigenvalue weighted by molar-refractivity contribution is 7.22. The fraction of sp³-hybridized carbons (Fsp3) is 0.320. The van der Waals surface area contributed by atoms with E-state index in [1.165, 1.54) is 11.3 Å². The van der Waals surface area contributed by atoms with Gasteiger partial charge in [0, 0.05) is 55.5 Å². The summed E-state index contributed by atoms with van der Waals surface area (Å²) < 4.78 is 0.878. The molecule has 3 aromatic heterocycles. The quantitative estimate of drug-likeness (QED) is 0.344. The number of carbonyl (C=O) groups is 2. The fourth-order valence-corrected chi connectivity index (χ4v) is 5.19. The van der Waals surface area contributed by atoms with Gasteiger partial charge >= 0.3 is 12.0 Å². The summed E-state index contributed by atoms with van der Waals surface area (Å²) in [7, 11) is 0.